The topological polar surface area (TPSA) is 69.9 Å². The number of carbonyl (C=O) groups is 1. The SMILES string of the molecule is Cc1cccc(OCc2cn(-c3ccc(Cl)cc3)nn2)n1.O=C(F)F. The zero-order chi connectivity index (χ0) is 18.2. The van der Waals surface area contributed by atoms with Crippen molar-refractivity contribution in [2.45, 2.75) is 13.5 Å². The van der Waals surface area contributed by atoms with Crippen LogP contribution in [0.5, 0.6) is 5.88 Å². The van der Waals surface area contributed by atoms with E-state index in [1.54, 1.807) is 4.68 Å². The summed E-state index contributed by atoms with van der Waals surface area (Å²) in [6, 6.07) is 13.0. The van der Waals surface area contributed by atoms with Crippen molar-refractivity contribution in [3.05, 3.63) is 65.1 Å². The van der Waals surface area contributed by atoms with E-state index in [4.69, 9.17) is 21.1 Å². The van der Waals surface area contributed by atoms with E-state index in [0.717, 1.165) is 17.1 Å². The Morgan fingerprint density at radius 1 is 1.20 bits per heavy atom. The maximum Gasteiger partial charge on any atom is 0.483 e. The monoisotopic (exact) mass is 366 g/mol. The van der Waals surface area contributed by atoms with Gasteiger partial charge in [-0.2, -0.15) is 0 Å². The van der Waals surface area contributed by atoms with Crippen LogP contribution in [0.1, 0.15) is 11.4 Å². The minimum Gasteiger partial charge on any atom is -0.471 e. The largest absolute Gasteiger partial charge is 0.483 e. The lowest BCUT2D eigenvalue weighted by atomic mass is 10.3. The Morgan fingerprint density at radius 3 is 2.52 bits per heavy atom. The number of aryl methyl sites for hydroxylation is 1. The lowest BCUT2D eigenvalue weighted by molar-refractivity contribution is 0.199. The summed E-state index contributed by atoms with van der Waals surface area (Å²) in [4.78, 5) is 12.4. The van der Waals surface area contributed by atoms with Crippen molar-refractivity contribution in [1.82, 2.24) is 20.0 Å². The first kappa shape index (κ1) is 18.5. The van der Waals surface area contributed by atoms with E-state index < -0.39 is 6.29 Å². The fraction of sp³-hybridized carbons (Fsp3) is 0.125. The Kier molecular flexibility index (Phi) is 6.53. The van der Waals surface area contributed by atoms with Crippen molar-refractivity contribution < 1.29 is 18.3 Å². The van der Waals surface area contributed by atoms with Gasteiger partial charge < -0.3 is 4.74 Å². The first-order chi connectivity index (χ1) is 11.9. The van der Waals surface area contributed by atoms with Crippen molar-refractivity contribution in [3.8, 4) is 11.6 Å². The summed E-state index contributed by atoms with van der Waals surface area (Å²) in [6.07, 6.45) is -1.01. The fourth-order valence-electron chi connectivity index (χ4n) is 1.83. The molecule has 0 fully saturated rings. The van der Waals surface area contributed by atoms with E-state index in [1.807, 2.05) is 55.6 Å². The molecule has 25 heavy (non-hydrogen) atoms. The van der Waals surface area contributed by atoms with Gasteiger partial charge in [0.2, 0.25) is 5.88 Å². The van der Waals surface area contributed by atoms with E-state index in [2.05, 4.69) is 15.3 Å². The van der Waals surface area contributed by atoms with Gasteiger partial charge in [-0.15, -0.1) is 13.9 Å². The third-order valence-electron chi connectivity index (χ3n) is 2.86. The lowest BCUT2D eigenvalue weighted by Gasteiger charge is -2.03. The van der Waals surface area contributed by atoms with Gasteiger partial charge in [0, 0.05) is 16.8 Å². The maximum absolute atomic E-state index is 9.69. The highest BCUT2D eigenvalue weighted by Crippen LogP contribution is 2.13. The van der Waals surface area contributed by atoms with E-state index in [-0.39, 0.29) is 0 Å². The van der Waals surface area contributed by atoms with Gasteiger partial charge >= 0.3 is 6.29 Å². The summed E-state index contributed by atoms with van der Waals surface area (Å²) < 4.78 is 26.7. The Labute approximate surface area is 147 Å². The number of nitrogens with zero attached hydrogens (tertiary/aromatic N) is 4. The third-order valence-corrected chi connectivity index (χ3v) is 3.11. The standard InChI is InChI=1S/C15H13ClN4O.CF2O/c1-11-3-2-4-15(17-11)21-10-13-9-20(19-18-13)14-7-5-12(16)6-8-14;2-1(3)4/h2-9H,10H2,1H3;. The van der Waals surface area contributed by atoms with Crippen molar-refractivity contribution in [2.75, 3.05) is 0 Å². The number of hydrogen-bond acceptors (Lipinski definition) is 5. The van der Waals surface area contributed by atoms with Gasteiger partial charge in [-0.25, -0.2) is 14.5 Å². The number of halogens is 3. The smallest absolute Gasteiger partial charge is 0.471 e. The molecule has 130 valence electrons. The quantitative estimate of drug-likeness (QED) is 0.645. The third kappa shape index (κ3) is 6.27. The van der Waals surface area contributed by atoms with E-state index >= 15 is 0 Å². The normalized spacial score (nSPS) is 9.92. The molecule has 2 aromatic heterocycles. The predicted molar refractivity (Wildman–Crippen MR) is 87.3 cm³/mol. The van der Waals surface area contributed by atoms with Crippen LogP contribution in [0.15, 0.2) is 48.7 Å². The van der Waals surface area contributed by atoms with Gasteiger partial charge in [0.25, 0.3) is 0 Å². The molecule has 0 aliphatic heterocycles. The molecule has 0 amide bonds. The zero-order valence-corrected chi connectivity index (χ0v) is 13.8. The molecule has 3 rings (SSSR count). The first-order valence-corrected chi connectivity index (χ1v) is 7.40. The molecule has 0 radical (unpaired) electrons. The van der Waals surface area contributed by atoms with Crippen LogP contribution in [0.25, 0.3) is 5.69 Å². The average Bonchev–Trinajstić information content (AvgIpc) is 3.02. The minimum atomic E-state index is -2.83. The predicted octanol–water partition coefficient (Wildman–Crippen LogP) is 4.25. The molecule has 1 aromatic carbocycles. The number of hydrogen-bond donors (Lipinski definition) is 0. The Hall–Kier alpha value is -2.87. The molecular formula is C16H13ClF2N4O2. The molecule has 6 nitrogen and oxygen atoms in total. The van der Waals surface area contributed by atoms with Crippen LogP contribution in [0, 0.1) is 6.92 Å². The van der Waals surface area contributed by atoms with Crippen molar-refractivity contribution in [2.24, 2.45) is 0 Å². The van der Waals surface area contributed by atoms with Gasteiger partial charge in [-0.05, 0) is 37.3 Å². The molecule has 0 saturated heterocycles. The molecule has 3 aromatic rings. The van der Waals surface area contributed by atoms with Crippen molar-refractivity contribution >= 4 is 17.9 Å². The number of pyridine rings is 1. The molecule has 0 spiro atoms. The molecule has 0 bridgehead atoms. The van der Waals surface area contributed by atoms with E-state index in [9.17, 15) is 8.78 Å². The van der Waals surface area contributed by atoms with Gasteiger partial charge in [0.05, 0.1) is 11.9 Å². The number of aromatic nitrogens is 4. The summed E-state index contributed by atoms with van der Waals surface area (Å²) in [5.74, 6) is 0.580. The van der Waals surface area contributed by atoms with Crippen LogP contribution in [0.2, 0.25) is 5.02 Å². The van der Waals surface area contributed by atoms with Crippen LogP contribution in [0.4, 0.5) is 13.6 Å². The molecule has 0 saturated carbocycles. The maximum atomic E-state index is 9.69. The highest BCUT2D eigenvalue weighted by atomic mass is 35.5. The average molecular weight is 367 g/mol. The second-order valence-corrected chi connectivity index (χ2v) is 5.20. The molecule has 2 heterocycles. The van der Waals surface area contributed by atoms with E-state index in [1.165, 1.54) is 0 Å². The summed E-state index contributed by atoms with van der Waals surface area (Å²) >= 11 is 5.86. The van der Waals surface area contributed by atoms with Crippen molar-refractivity contribution in [3.63, 3.8) is 0 Å². The number of benzene rings is 1. The molecule has 0 N–H and O–H groups in total. The van der Waals surface area contributed by atoms with Gasteiger partial charge in [0.1, 0.15) is 12.3 Å². The van der Waals surface area contributed by atoms with Gasteiger partial charge in [-0.3, -0.25) is 0 Å². The molecule has 9 heteroatoms. The molecular weight excluding hydrogens is 354 g/mol. The second kappa shape index (κ2) is 8.84. The van der Waals surface area contributed by atoms with Gasteiger partial charge in [0.15, 0.2) is 0 Å². The zero-order valence-electron chi connectivity index (χ0n) is 13.1. The number of rotatable bonds is 4. The highest BCUT2D eigenvalue weighted by molar-refractivity contribution is 6.30. The molecule has 0 atom stereocenters. The summed E-state index contributed by atoms with van der Waals surface area (Å²) in [5, 5.41) is 8.84. The molecule has 0 unspecified atom stereocenters. The number of carbonyl (C=O) groups excluding carboxylic acids is 1. The Bertz CT molecular complexity index is 836. The highest BCUT2D eigenvalue weighted by Gasteiger charge is 2.04. The molecule has 0 aliphatic carbocycles. The summed E-state index contributed by atoms with van der Waals surface area (Å²) in [7, 11) is 0. The van der Waals surface area contributed by atoms with E-state index in [0.29, 0.717) is 17.5 Å². The lowest BCUT2D eigenvalue weighted by Crippen LogP contribution is -1.98. The molecule has 0 aliphatic rings. The Morgan fingerprint density at radius 2 is 1.88 bits per heavy atom. The Balaban J connectivity index is 0.000000511. The summed E-state index contributed by atoms with van der Waals surface area (Å²) in [5.41, 5.74) is 2.54. The fourth-order valence-corrected chi connectivity index (χ4v) is 1.96. The van der Waals surface area contributed by atoms with Crippen LogP contribution in [0.3, 0.4) is 0 Å². The van der Waals surface area contributed by atoms with Crippen LogP contribution >= 0.6 is 11.6 Å². The second-order valence-electron chi connectivity index (χ2n) is 4.76. The van der Waals surface area contributed by atoms with Gasteiger partial charge in [-0.1, -0.05) is 22.9 Å². The number of ether oxygens (including phenoxy) is 1. The van der Waals surface area contributed by atoms with Crippen LogP contribution < -0.4 is 4.74 Å². The van der Waals surface area contributed by atoms with Crippen molar-refractivity contribution in [1.29, 1.82) is 0 Å². The minimum absolute atomic E-state index is 0.323. The van der Waals surface area contributed by atoms with Crippen LogP contribution in [-0.2, 0) is 6.61 Å². The summed E-state index contributed by atoms with van der Waals surface area (Å²) in [6.45, 7) is 2.24. The van der Waals surface area contributed by atoms with Crippen LogP contribution in [-0.4, -0.2) is 26.3 Å². The first-order valence-electron chi connectivity index (χ1n) is 7.02.